The summed E-state index contributed by atoms with van der Waals surface area (Å²) in [7, 11) is -0.943. The maximum absolute atomic E-state index is 10.1. The second-order valence-electron chi connectivity index (χ2n) is 3.76. The van der Waals surface area contributed by atoms with Crippen LogP contribution in [0.3, 0.4) is 0 Å². The van der Waals surface area contributed by atoms with Crippen molar-refractivity contribution in [3.63, 3.8) is 0 Å². The Kier molecular flexibility index (Phi) is 8.29. The van der Waals surface area contributed by atoms with Crippen molar-refractivity contribution in [2.24, 2.45) is 0 Å². The highest BCUT2D eigenvalue weighted by atomic mass is 32.2. The molecule has 2 nitrogen and oxygen atoms in total. The number of carboxylic acid groups (broad SMARTS) is 1. The minimum atomic E-state index is -0.943. The van der Waals surface area contributed by atoms with Crippen LogP contribution in [0, 0.1) is 0 Å². The van der Waals surface area contributed by atoms with Gasteiger partial charge < -0.3 is 5.11 Å². The molecule has 0 saturated carbocycles. The first kappa shape index (κ1) is 14.8. The summed E-state index contributed by atoms with van der Waals surface area (Å²) in [4.78, 5) is 10.1. The van der Waals surface area contributed by atoms with Crippen molar-refractivity contribution in [3.8, 4) is 0 Å². The van der Waals surface area contributed by atoms with Crippen molar-refractivity contribution in [1.29, 1.82) is 0 Å². The summed E-state index contributed by atoms with van der Waals surface area (Å²) in [6, 6.07) is 1.21. The van der Waals surface area contributed by atoms with Gasteiger partial charge in [0.1, 0.15) is 0 Å². The predicted molar refractivity (Wildman–Crippen MR) is 64.4 cm³/mol. The SMILES string of the molecule is C[Si](C)(C)CCSCC(=O)O.[SiH4]. The Morgan fingerprint density at radius 2 is 1.92 bits per heavy atom. The van der Waals surface area contributed by atoms with Gasteiger partial charge in [-0.1, -0.05) is 19.6 Å². The molecule has 0 spiro atoms. The summed E-state index contributed by atoms with van der Waals surface area (Å²) in [5, 5.41) is 8.33. The van der Waals surface area contributed by atoms with Gasteiger partial charge in [0.15, 0.2) is 0 Å². The van der Waals surface area contributed by atoms with Crippen LogP contribution >= 0.6 is 11.8 Å². The van der Waals surface area contributed by atoms with Crippen molar-refractivity contribution in [3.05, 3.63) is 0 Å². The zero-order valence-corrected chi connectivity index (χ0v) is 9.20. The molecule has 0 aliphatic heterocycles. The molecule has 0 aromatic rings. The largest absolute Gasteiger partial charge is 0.481 e. The van der Waals surface area contributed by atoms with Crippen molar-refractivity contribution in [1.82, 2.24) is 0 Å². The highest BCUT2D eigenvalue weighted by molar-refractivity contribution is 8.00. The van der Waals surface area contributed by atoms with Crippen molar-refractivity contribution >= 4 is 36.8 Å². The highest BCUT2D eigenvalue weighted by Crippen LogP contribution is 2.12. The van der Waals surface area contributed by atoms with E-state index in [0.29, 0.717) is 0 Å². The Balaban J connectivity index is 0. The van der Waals surface area contributed by atoms with Crippen LogP contribution in [-0.4, -0.2) is 41.6 Å². The van der Waals surface area contributed by atoms with Gasteiger partial charge in [-0.25, -0.2) is 0 Å². The minimum absolute atomic E-state index is 0. The van der Waals surface area contributed by atoms with Gasteiger partial charge in [0.25, 0.3) is 0 Å². The summed E-state index contributed by atoms with van der Waals surface area (Å²) < 4.78 is 0. The van der Waals surface area contributed by atoms with Gasteiger partial charge in [-0.15, -0.1) is 0 Å². The van der Waals surface area contributed by atoms with Crippen LogP contribution in [0.4, 0.5) is 0 Å². The number of hydrogen-bond donors (Lipinski definition) is 1. The molecule has 1 N–H and O–H groups in total. The Morgan fingerprint density at radius 1 is 1.42 bits per heavy atom. The average molecular weight is 224 g/mol. The molecule has 12 heavy (non-hydrogen) atoms. The molecule has 0 heterocycles. The lowest BCUT2D eigenvalue weighted by atomic mass is 10.8. The van der Waals surface area contributed by atoms with E-state index in [0.717, 1.165) is 5.75 Å². The molecular formula is C7H20O2SSi2. The molecule has 74 valence electrons. The Bertz CT molecular complexity index is 134. The molecule has 0 fully saturated rings. The van der Waals surface area contributed by atoms with E-state index >= 15 is 0 Å². The van der Waals surface area contributed by atoms with E-state index < -0.39 is 14.0 Å². The van der Waals surface area contributed by atoms with Gasteiger partial charge in [-0.05, 0) is 22.8 Å². The molecule has 5 heteroatoms. The zero-order chi connectivity index (χ0) is 8.91. The lowest BCUT2D eigenvalue weighted by Gasteiger charge is -2.14. The van der Waals surface area contributed by atoms with Crippen LogP contribution in [0.15, 0.2) is 0 Å². The van der Waals surface area contributed by atoms with E-state index in [2.05, 4.69) is 19.6 Å². The quantitative estimate of drug-likeness (QED) is 0.551. The molecule has 0 bridgehead atoms. The molecule has 0 aromatic carbocycles. The van der Waals surface area contributed by atoms with Gasteiger partial charge >= 0.3 is 5.97 Å². The third-order valence-corrected chi connectivity index (χ3v) is 4.28. The van der Waals surface area contributed by atoms with Crippen LogP contribution in [0.25, 0.3) is 0 Å². The topological polar surface area (TPSA) is 37.3 Å². The number of rotatable bonds is 5. The van der Waals surface area contributed by atoms with Gasteiger partial charge in [0, 0.05) is 8.07 Å². The van der Waals surface area contributed by atoms with Crippen molar-refractivity contribution < 1.29 is 9.90 Å². The molecule has 0 aliphatic rings. The van der Waals surface area contributed by atoms with Gasteiger partial charge in [-0.3, -0.25) is 4.79 Å². The van der Waals surface area contributed by atoms with E-state index in [1.165, 1.54) is 17.8 Å². The Hall–Kier alpha value is 0.254. The van der Waals surface area contributed by atoms with Crippen LogP contribution < -0.4 is 0 Å². The molecule has 0 aromatic heterocycles. The standard InChI is InChI=1S/C7H16O2SSi.H4Si/c1-11(2,3)5-4-10-6-7(8)9;/h4-6H2,1-3H3,(H,8,9);1H4. The van der Waals surface area contributed by atoms with E-state index in [1.54, 1.807) is 0 Å². The molecule has 0 rings (SSSR count). The van der Waals surface area contributed by atoms with Crippen LogP contribution in [-0.2, 0) is 4.79 Å². The normalized spacial score (nSPS) is 10.6. The number of carboxylic acids is 1. The highest BCUT2D eigenvalue weighted by Gasteiger charge is 2.12. The van der Waals surface area contributed by atoms with E-state index in [4.69, 9.17) is 5.11 Å². The maximum Gasteiger partial charge on any atom is 0.313 e. The summed E-state index contributed by atoms with van der Waals surface area (Å²) in [6.45, 7) is 6.90. The Labute approximate surface area is 84.2 Å². The van der Waals surface area contributed by atoms with E-state index in [1.807, 2.05) is 0 Å². The van der Waals surface area contributed by atoms with Crippen LogP contribution in [0.1, 0.15) is 0 Å². The maximum atomic E-state index is 10.1. The molecule has 0 saturated heterocycles. The van der Waals surface area contributed by atoms with E-state index in [-0.39, 0.29) is 16.7 Å². The summed E-state index contributed by atoms with van der Waals surface area (Å²) in [5.74, 6) is 0.553. The van der Waals surface area contributed by atoms with Crippen LogP contribution in [0.5, 0.6) is 0 Å². The summed E-state index contributed by atoms with van der Waals surface area (Å²) >= 11 is 1.52. The second-order valence-corrected chi connectivity index (χ2v) is 10.5. The average Bonchev–Trinajstić information content (AvgIpc) is 1.78. The third-order valence-electron chi connectivity index (χ3n) is 1.22. The molecule has 0 radical (unpaired) electrons. The first-order valence-electron chi connectivity index (χ1n) is 3.71. The number of thioether (sulfide) groups is 1. The Morgan fingerprint density at radius 3 is 2.25 bits per heavy atom. The van der Waals surface area contributed by atoms with Gasteiger partial charge in [0.05, 0.1) is 5.75 Å². The second kappa shape index (κ2) is 6.74. The van der Waals surface area contributed by atoms with Gasteiger partial charge in [0.2, 0.25) is 0 Å². The fourth-order valence-corrected chi connectivity index (χ4v) is 3.88. The van der Waals surface area contributed by atoms with Crippen molar-refractivity contribution in [2.45, 2.75) is 25.7 Å². The predicted octanol–water partition coefficient (Wildman–Crippen LogP) is 0.691. The number of hydrogen-bond acceptors (Lipinski definition) is 2. The summed E-state index contributed by atoms with van der Waals surface area (Å²) in [6.07, 6.45) is 0. The molecular weight excluding hydrogens is 204 g/mol. The first-order valence-corrected chi connectivity index (χ1v) is 8.57. The molecule has 0 amide bonds. The summed E-state index contributed by atoms with van der Waals surface area (Å²) in [5.41, 5.74) is 0. The monoisotopic (exact) mass is 224 g/mol. The van der Waals surface area contributed by atoms with Gasteiger partial charge in [-0.2, -0.15) is 11.8 Å². The fourth-order valence-electron chi connectivity index (χ4n) is 0.538. The molecule has 0 unspecified atom stereocenters. The molecule has 0 atom stereocenters. The fraction of sp³-hybridized carbons (Fsp3) is 0.857. The molecule has 0 aliphatic carbocycles. The first-order chi connectivity index (χ1) is 4.92. The number of aliphatic carboxylic acids is 1. The van der Waals surface area contributed by atoms with E-state index in [9.17, 15) is 4.79 Å². The minimum Gasteiger partial charge on any atom is -0.481 e. The smallest absolute Gasteiger partial charge is 0.313 e. The number of carbonyl (C=O) groups is 1. The third kappa shape index (κ3) is 12.9. The zero-order valence-electron chi connectivity index (χ0n) is 7.39. The van der Waals surface area contributed by atoms with Crippen molar-refractivity contribution in [2.75, 3.05) is 11.5 Å². The lowest BCUT2D eigenvalue weighted by molar-refractivity contribution is -0.133. The van der Waals surface area contributed by atoms with Crippen LogP contribution in [0.2, 0.25) is 25.7 Å². The lowest BCUT2D eigenvalue weighted by Crippen LogP contribution is -2.20.